The minimum atomic E-state index is -0.285. The highest BCUT2D eigenvalue weighted by molar-refractivity contribution is 7.14. The molecule has 0 bridgehead atoms. The van der Waals surface area contributed by atoms with E-state index in [1.807, 2.05) is 5.38 Å². The molecule has 7 heteroatoms. The maximum absolute atomic E-state index is 11.9. The van der Waals surface area contributed by atoms with Crippen LogP contribution in [0.2, 0.25) is 0 Å². The normalized spacial score (nSPS) is 14.2. The highest BCUT2D eigenvalue weighted by atomic mass is 32.1. The third-order valence-electron chi connectivity index (χ3n) is 2.88. The average molecular weight is 275 g/mol. The highest BCUT2D eigenvalue weighted by Gasteiger charge is 2.26. The van der Waals surface area contributed by atoms with Gasteiger partial charge in [-0.3, -0.25) is 10.1 Å². The molecule has 0 atom stereocenters. The van der Waals surface area contributed by atoms with Gasteiger partial charge in [-0.05, 0) is 12.8 Å². The van der Waals surface area contributed by atoms with Gasteiger partial charge in [0.1, 0.15) is 11.5 Å². The molecule has 3 rings (SSSR count). The monoisotopic (exact) mass is 275 g/mol. The summed E-state index contributed by atoms with van der Waals surface area (Å²) in [7, 11) is 1.75. The number of thiazole rings is 1. The molecule has 1 amide bonds. The van der Waals surface area contributed by atoms with Crippen LogP contribution in [-0.4, -0.2) is 27.9 Å². The number of anilines is 2. The first-order valence-electron chi connectivity index (χ1n) is 6.03. The fraction of sp³-hybridized carbons (Fsp3) is 0.333. The number of hydrogen-bond donors (Lipinski definition) is 2. The molecule has 0 spiro atoms. The van der Waals surface area contributed by atoms with E-state index in [-0.39, 0.29) is 11.6 Å². The summed E-state index contributed by atoms with van der Waals surface area (Å²) in [5.74, 6) is 0.935. The Kier molecular flexibility index (Phi) is 3.12. The molecule has 2 aromatic rings. The quantitative estimate of drug-likeness (QED) is 0.893. The highest BCUT2D eigenvalue weighted by Crippen LogP contribution is 2.40. The molecule has 98 valence electrons. The predicted molar refractivity (Wildman–Crippen MR) is 73.6 cm³/mol. The third kappa shape index (κ3) is 2.70. The average Bonchev–Trinajstić information content (AvgIpc) is 3.20. The Bertz CT molecular complexity index is 590. The lowest BCUT2D eigenvalue weighted by molar-refractivity contribution is 0.102. The van der Waals surface area contributed by atoms with E-state index in [0.717, 1.165) is 5.69 Å². The second-order valence-corrected chi connectivity index (χ2v) is 5.20. The topological polar surface area (TPSA) is 79.8 Å². The summed E-state index contributed by atoms with van der Waals surface area (Å²) in [5, 5.41) is 8.21. The predicted octanol–water partition coefficient (Wildman–Crippen LogP) is 2.10. The van der Waals surface area contributed by atoms with Crippen molar-refractivity contribution in [2.24, 2.45) is 0 Å². The minimum absolute atomic E-state index is 0.280. The molecule has 0 aromatic carbocycles. The van der Waals surface area contributed by atoms with E-state index in [2.05, 4.69) is 25.6 Å². The Morgan fingerprint density at radius 1 is 1.37 bits per heavy atom. The standard InChI is InChI=1S/C12H13N5OS/c1-13-10-5-14-8(4-15-10)11(18)17-12-16-9(6-19-12)7-2-3-7/h4-7H,2-3H2,1H3,(H,13,15)(H,16,17,18). The molecular formula is C12H13N5OS. The summed E-state index contributed by atoms with van der Waals surface area (Å²) < 4.78 is 0. The van der Waals surface area contributed by atoms with Crippen LogP contribution < -0.4 is 10.6 Å². The molecule has 2 aromatic heterocycles. The molecule has 19 heavy (non-hydrogen) atoms. The van der Waals surface area contributed by atoms with Gasteiger partial charge in [-0.15, -0.1) is 11.3 Å². The minimum Gasteiger partial charge on any atom is -0.372 e. The zero-order valence-electron chi connectivity index (χ0n) is 10.4. The molecule has 1 aliphatic rings. The molecule has 6 nitrogen and oxygen atoms in total. The smallest absolute Gasteiger partial charge is 0.277 e. The molecule has 2 N–H and O–H groups in total. The zero-order valence-corrected chi connectivity index (χ0v) is 11.2. The van der Waals surface area contributed by atoms with Crippen molar-refractivity contribution in [3.8, 4) is 0 Å². The molecule has 0 unspecified atom stereocenters. The molecule has 0 aliphatic heterocycles. The molecule has 1 aliphatic carbocycles. The van der Waals surface area contributed by atoms with Crippen LogP contribution in [0.25, 0.3) is 0 Å². The molecule has 2 heterocycles. The number of amides is 1. The van der Waals surface area contributed by atoms with Gasteiger partial charge in [-0.25, -0.2) is 15.0 Å². The van der Waals surface area contributed by atoms with E-state index >= 15 is 0 Å². The van der Waals surface area contributed by atoms with Gasteiger partial charge in [0.15, 0.2) is 5.13 Å². The van der Waals surface area contributed by atoms with Crippen molar-refractivity contribution in [2.75, 3.05) is 17.7 Å². The van der Waals surface area contributed by atoms with Crippen LogP contribution in [0.4, 0.5) is 10.9 Å². The van der Waals surface area contributed by atoms with Gasteiger partial charge in [0.2, 0.25) is 0 Å². The SMILES string of the molecule is CNc1cnc(C(=O)Nc2nc(C3CC3)cs2)cn1. The van der Waals surface area contributed by atoms with E-state index in [1.54, 1.807) is 7.05 Å². The van der Waals surface area contributed by atoms with Crippen molar-refractivity contribution in [1.29, 1.82) is 0 Å². The molecule has 1 fully saturated rings. The van der Waals surface area contributed by atoms with E-state index in [0.29, 0.717) is 16.9 Å². The molecule has 0 saturated heterocycles. The zero-order chi connectivity index (χ0) is 13.2. The first-order chi connectivity index (χ1) is 9.26. The van der Waals surface area contributed by atoms with Gasteiger partial charge in [0.05, 0.1) is 18.1 Å². The van der Waals surface area contributed by atoms with Crippen molar-refractivity contribution < 1.29 is 4.79 Å². The van der Waals surface area contributed by atoms with E-state index in [4.69, 9.17) is 0 Å². The first-order valence-corrected chi connectivity index (χ1v) is 6.91. The van der Waals surface area contributed by atoms with Crippen LogP contribution >= 0.6 is 11.3 Å². The van der Waals surface area contributed by atoms with E-state index in [9.17, 15) is 4.79 Å². The van der Waals surface area contributed by atoms with Crippen LogP contribution in [0.1, 0.15) is 34.9 Å². The summed E-state index contributed by atoms with van der Waals surface area (Å²) in [6, 6.07) is 0. The van der Waals surface area contributed by atoms with E-state index in [1.165, 1.54) is 36.6 Å². The number of carbonyl (C=O) groups excluding carboxylic acids is 1. The fourth-order valence-electron chi connectivity index (χ4n) is 1.65. The lowest BCUT2D eigenvalue weighted by atomic mass is 10.3. The maximum atomic E-state index is 11.9. The molecule has 1 saturated carbocycles. The van der Waals surface area contributed by atoms with Crippen molar-refractivity contribution >= 4 is 28.2 Å². The molecule has 0 radical (unpaired) electrons. The molecular weight excluding hydrogens is 262 g/mol. The summed E-state index contributed by atoms with van der Waals surface area (Å²) in [5.41, 5.74) is 1.36. The van der Waals surface area contributed by atoms with Gasteiger partial charge >= 0.3 is 0 Å². The summed E-state index contributed by atoms with van der Waals surface area (Å²) in [6.07, 6.45) is 5.37. The largest absolute Gasteiger partial charge is 0.372 e. The van der Waals surface area contributed by atoms with Crippen LogP contribution in [0.15, 0.2) is 17.8 Å². The van der Waals surface area contributed by atoms with Crippen molar-refractivity contribution in [3.63, 3.8) is 0 Å². The second-order valence-electron chi connectivity index (χ2n) is 4.34. The van der Waals surface area contributed by atoms with Crippen molar-refractivity contribution in [1.82, 2.24) is 15.0 Å². The van der Waals surface area contributed by atoms with Crippen LogP contribution in [0, 0.1) is 0 Å². The van der Waals surface area contributed by atoms with Gasteiger partial charge < -0.3 is 5.32 Å². The maximum Gasteiger partial charge on any atom is 0.277 e. The van der Waals surface area contributed by atoms with Crippen molar-refractivity contribution in [3.05, 3.63) is 29.2 Å². The van der Waals surface area contributed by atoms with E-state index < -0.39 is 0 Å². The van der Waals surface area contributed by atoms with Gasteiger partial charge in [0.25, 0.3) is 5.91 Å². The Hall–Kier alpha value is -2.02. The number of rotatable bonds is 4. The lowest BCUT2D eigenvalue weighted by Gasteiger charge is -2.01. The Labute approximate surface area is 114 Å². The van der Waals surface area contributed by atoms with Crippen molar-refractivity contribution in [2.45, 2.75) is 18.8 Å². The number of nitrogens with zero attached hydrogens (tertiary/aromatic N) is 3. The number of nitrogens with one attached hydrogen (secondary N) is 2. The number of hydrogen-bond acceptors (Lipinski definition) is 6. The Morgan fingerprint density at radius 3 is 2.84 bits per heavy atom. The Morgan fingerprint density at radius 2 is 2.21 bits per heavy atom. The first kappa shape index (κ1) is 12.0. The summed E-state index contributed by atoms with van der Waals surface area (Å²) in [4.78, 5) is 24.4. The third-order valence-corrected chi connectivity index (χ3v) is 3.65. The number of carbonyl (C=O) groups is 1. The Balaban J connectivity index is 1.68. The van der Waals surface area contributed by atoms with Gasteiger partial charge in [-0.2, -0.15) is 0 Å². The second kappa shape index (κ2) is 4.93. The lowest BCUT2D eigenvalue weighted by Crippen LogP contribution is -2.14. The van der Waals surface area contributed by atoms with Gasteiger partial charge in [-0.1, -0.05) is 0 Å². The fourth-order valence-corrected chi connectivity index (χ4v) is 2.43. The number of aromatic nitrogens is 3. The van der Waals surface area contributed by atoms with Crippen LogP contribution in [0.3, 0.4) is 0 Å². The van der Waals surface area contributed by atoms with Gasteiger partial charge in [0, 0.05) is 18.3 Å². The summed E-state index contributed by atoms with van der Waals surface area (Å²) >= 11 is 1.44. The van der Waals surface area contributed by atoms with Crippen LogP contribution in [0.5, 0.6) is 0 Å². The summed E-state index contributed by atoms with van der Waals surface area (Å²) in [6.45, 7) is 0. The van der Waals surface area contributed by atoms with Crippen LogP contribution in [-0.2, 0) is 0 Å².